The number of aromatic nitrogens is 3. The molecular formula is C11H20N4. The maximum atomic E-state index is 4.29. The SMILES string of the molecule is CNc1nnc(C2CCC(C)CC2)n1C. The van der Waals surface area contributed by atoms with Crippen LogP contribution in [0.3, 0.4) is 0 Å². The molecule has 1 aromatic rings. The van der Waals surface area contributed by atoms with Crippen LogP contribution in [-0.2, 0) is 7.05 Å². The van der Waals surface area contributed by atoms with Crippen molar-refractivity contribution < 1.29 is 0 Å². The number of hydrogen-bond donors (Lipinski definition) is 1. The molecule has 1 aliphatic rings. The number of nitrogens with one attached hydrogen (secondary N) is 1. The number of rotatable bonds is 2. The van der Waals surface area contributed by atoms with E-state index in [0.717, 1.165) is 17.7 Å². The van der Waals surface area contributed by atoms with E-state index in [2.05, 4.69) is 27.0 Å². The lowest BCUT2D eigenvalue weighted by Crippen LogP contribution is -2.14. The molecule has 0 saturated heterocycles. The first kappa shape index (κ1) is 10.5. The van der Waals surface area contributed by atoms with Crippen molar-refractivity contribution in [1.82, 2.24) is 14.8 Å². The van der Waals surface area contributed by atoms with Gasteiger partial charge in [-0.15, -0.1) is 10.2 Å². The summed E-state index contributed by atoms with van der Waals surface area (Å²) in [5.41, 5.74) is 0. The van der Waals surface area contributed by atoms with Gasteiger partial charge in [-0.3, -0.25) is 0 Å². The van der Waals surface area contributed by atoms with Crippen molar-refractivity contribution in [3.8, 4) is 0 Å². The number of hydrogen-bond acceptors (Lipinski definition) is 3. The summed E-state index contributed by atoms with van der Waals surface area (Å²) >= 11 is 0. The molecule has 1 aliphatic carbocycles. The zero-order valence-corrected chi connectivity index (χ0v) is 9.82. The van der Waals surface area contributed by atoms with Gasteiger partial charge in [0.25, 0.3) is 0 Å². The first-order valence-electron chi connectivity index (χ1n) is 5.79. The van der Waals surface area contributed by atoms with Gasteiger partial charge in [0, 0.05) is 20.0 Å². The summed E-state index contributed by atoms with van der Waals surface area (Å²) in [5.74, 6) is 3.51. The van der Waals surface area contributed by atoms with Crippen molar-refractivity contribution in [1.29, 1.82) is 0 Å². The second-order valence-corrected chi connectivity index (χ2v) is 4.65. The average molecular weight is 208 g/mol. The Hall–Kier alpha value is -1.06. The fourth-order valence-corrected chi connectivity index (χ4v) is 2.43. The Morgan fingerprint density at radius 3 is 2.40 bits per heavy atom. The number of nitrogens with zero attached hydrogens (tertiary/aromatic N) is 3. The molecule has 1 heterocycles. The summed E-state index contributed by atoms with van der Waals surface area (Å²) in [6, 6.07) is 0. The highest BCUT2D eigenvalue weighted by atomic mass is 15.3. The fourth-order valence-electron chi connectivity index (χ4n) is 2.43. The molecule has 4 nitrogen and oxygen atoms in total. The molecule has 2 rings (SSSR count). The molecule has 0 unspecified atom stereocenters. The maximum Gasteiger partial charge on any atom is 0.224 e. The predicted octanol–water partition coefficient (Wildman–Crippen LogP) is 2.15. The lowest BCUT2D eigenvalue weighted by Gasteiger charge is -2.25. The molecule has 0 radical (unpaired) electrons. The van der Waals surface area contributed by atoms with E-state index in [1.165, 1.54) is 25.7 Å². The number of anilines is 1. The minimum absolute atomic E-state index is 0.612. The second kappa shape index (κ2) is 4.21. The largest absolute Gasteiger partial charge is 0.357 e. The van der Waals surface area contributed by atoms with Gasteiger partial charge < -0.3 is 9.88 Å². The summed E-state index contributed by atoms with van der Waals surface area (Å²) in [6.07, 6.45) is 5.17. The first-order chi connectivity index (χ1) is 7.22. The lowest BCUT2D eigenvalue weighted by atomic mass is 9.82. The summed E-state index contributed by atoms with van der Waals surface area (Å²) in [5, 5.41) is 11.5. The van der Waals surface area contributed by atoms with E-state index in [-0.39, 0.29) is 0 Å². The van der Waals surface area contributed by atoms with Crippen LogP contribution in [0.4, 0.5) is 5.95 Å². The third-order valence-corrected chi connectivity index (χ3v) is 3.51. The fraction of sp³-hybridized carbons (Fsp3) is 0.818. The van der Waals surface area contributed by atoms with Crippen LogP contribution in [0.1, 0.15) is 44.3 Å². The van der Waals surface area contributed by atoms with Crippen LogP contribution in [0.15, 0.2) is 0 Å². The van der Waals surface area contributed by atoms with Gasteiger partial charge in [0.15, 0.2) is 0 Å². The first-order valence-corrected chi connectivity index (χ1v) is 5.79. The van der Waals surface area contributed by atoms with Gasteiger partial charge >= 0.3 is 0 Å². The molecule has 0 atom stereocenters. The molecule has 4 heteroatoms. The van der Waals surface area contributed by atoms with Gasteiger partial charge in [-0.2, -0.15) is 0 Å². The standard InChI is InChI=1S/C11H20N4/c1-8-4-6-9(7-5-8)10-13-14-11(12-2)15(10)3/h8-9H,4-7H2,1-3H3,(H,12,14). The van der Waals surface area contributed by atoms with Crippen LogP contribution < -0.4 is 5.32 Å². The Bertz CT molecular complexity index is 323. The third-order valence-electron chi connectivity index (χ3n) is 3.51. The second-order valence-electron chi connectivity index (χ2n) is 4.65. The van der Waals surface area contributed by atoms with Gasteiger partial charge in [0.2, 0.25) is 5.95 Å². The van der Waals surface area contributed by atoms with E-state index in [9.17, 15) is 0 Å². The smallest absolute Gasteiger partial charge is 0.224 e. The monoisotopic (exact) mass is 208 g/mol. The Morgan fingerprint density at radius 1 is 1.20 bits per heavy atom. The Kier molecular flexibility index (Phi) is 2.93. The summed E-state index contributed by atoms with van der Waals surface area (Å²) < 4.78 is 2.08. The van der Waals surface area contributed by atoms with Crippen molar-refractivity contribution >= 4 is 5.95 Å². The molecule has 1 aromatic heterocycles. The van der Waals surface area contributed by atoms with E-state index >= 15 is 0 Å². The minimum atomic E-state index is 0.612. The maximum absolute atomic E-state index is 4.29. The summed E-state index contributed by atoms with van der Waals surface area (Å²) in [6.45, 7) is 2.34. The molecule has 84 valence electrons. The molecule has 0 aliphatic heterocycles. The normalized spacial score (nSPS) is 26.6. The van der Waals surface area contributed by atoms with Gasteiger partial charge in [0.05, 0.1) is 0 Å². The molecule has 0 aromatic carbocycles. The van der Waals surface area contributed by atoms with Gasteiger partial charge in [-0.05, 0) is 18.8 Å². The van der Waals surface area contributed by atoms with Crippen molar-refractivity contribution in [2.75, 3.05) is 12.4 Å². The van der Waals surface area contributed by atoms with Crippen molar-refractivity contribution in [2.45, 2.75) is 38.5 Å². The molecule has 0 amide bonds. The van der Waals surface area contributed by atoms with E-state index in [0.29, 0.717) is 5.92 Å². The summed E-state index contributed by atoms with van der Waals surface area (Å²) in [7, 11) is 3.93. The van der Waals surface area contributed by atoms with Gasteiger partial charge in [-0.1, -0.05) is 19.8 Å². The highest BCUT2D eigenvalue weighted by molar-refractivity contribution is 5.25. The van der Waals surface area contributed by atoms with E-state index < -0.39 is 0 Å². The zero-order valence-electron chi connectivity index (χ0n) is 9.82. The van der Waals surface area contributed by atoms with E-state index in [4.69, 9.17) is 0 Å². The highest BCUT2D eigenvalue weighted by Gasteiger charge is 2.24. The molecule has 0 bridgehead atoms. The van der Waals surface area contributed by atoms with Crippen LogP contribution in [0.2, 0.25) is 0 Å². The van der Waals surface area contributed by atoms with E-state index in [1.807, 2.05) is 14.1 Å². The van der Waals surface area contributed by atoms with Crippen LogP contribution in [-0.4, -0.2) is 21.8 Å². The third kappa shape index (κ3) is 1.98. The molecule has 1 fully saturated rings. The van der Waals surface area contributed by atoms with Crippen molar-refractivity contribution in [3.05, 3.63) is 5.82 Å². The van der Waals surface area contributed by atoms with E-state index in [1.54, 1.807) is 0 Å². The molecule has 1 N–H and O–H groups in total. The van der Waals surface area contributed by atoms with Crippen molar-refractivity contribution in [2.24, 2.45) is 13.0 Å². The average Bonchev–Trinajstić information content (AvgIpc) is 2.61. The Balaban J connectivity index is 2.12. The van der Waals surface area contributed by atoms with Gasteiger partial charge in [0.1, 0.15) is 5.82 Å². The van der Waals surface area contributed by atoms with Crippen LogP contribution in [0.5, 0.6) is 0 Å². The molecule has 15 heavy (non-hydrogen) atoms. The molecule has 1 saturated carbocycles. The van der Waals surface area contributed by atoms with Crippen LogP contribution >= 0.6 is 0 Å². The van der Waals surface area contributed by atoms with Crippen molar-refractivity contribution in [3.63, 3.8) is 0 Å². The summed E-state index contributed by atoms with van der Waals surface area (Å²) in [4.78, 5) is 0. The zero-order chi connectivity index (χ0) is 10.8. The minimum Gasteiger partial charge on any atom is -0.357 e. The lowest BCUT2D eigenvalue weighted by molar-refractivity contribution is 0.336. The topological polar surface area (TPSA) is 42.7 Å². The quantitative estimate of drug-likeness (QED) is 0.809. The van der Waals surface area contributed by atoms with Crippen LogP contribution in [0, 0.1) is 5.92 Å². The molecular weight excluding hydrogens is 188 g/mol. The Labute approximate surface area is 91.1 Å². The molecule has 0 spiro atoms. The Morgan fingerprint density at radius 2 is 1.87 bits per heavy atom. The van der Waals surface area contributed by atoms with Crippen LogP contribution in [0.25, 0.3) is 0 Å². The van der Waals surface area contributed by atoms with Gasteiger partial charge in [-0.25, -0.2) is 0 Å². The predicted molar refractivity (Wildman–Crippen MR) is 60.9 cm³/mol. The highest BCUT2D eigenvalue weighted by Crippen LogP contribution is 2.34.